The zero-order valence-electron chi connectivity index (χ0n) is 28.2. The van der Waals surface area contributed by atoms with Gasteiger partial charge in [-0.2, -0.15) is 18.2 Å². The van der Waals surface area contributed by atoms with Crippen LogP contribution < -0.4 is 15.2 Å². The van der Waals surface area contributed by atoms with Crippen molar-refractivity contribution in [3.8, 4) is 11.5 Å². The van der Waals surface area contributed by atoms with Crippen LogP contribution in [0.4, 0.5) is 0 Å². The average molecular weight is 690 g/mol. The summed E-state index contributed by atoms with van der Waals surface area (Å²) in [6, 6.07) is 15.0. The van der Waals surface area contributed by atoms with E-state index in [0.717, 1.165) is 42.8 Å². The Balaban J connectivity index is 0.00000968. The fraction of sp³-hybridized carbons (Fsp3) is 0.618. The Morgan fingerprint density at radius 1 is 0.886 bits per heavy atom. The molecule has 0 bridgehead atoms. The van der Waals surface area contributed by atoms with E-state index in [1.807, 2.05) is 45.0 Å². The van der Waals surface area contributed by atoms with Gasteiger partial charge in [-0.25, -0.2) is 0 Å². The summed E-state index contributed by atoms with van der Waals surface area (Å²) in [5, 5.41) is 0. The Morgan fingerprint density at radius 3 is 2.09 bits per heavy atom. The van der Waals surface area contributed by atoms with Crippen LogP contribution in [0.2, 0.25) is 0 Å². The second kappa shape index (κ2) is 20.5. The van der Waals surface area contributed by atoms with E-state index in [1.165, 1.54) is 5.56 Å². The molecule has 0 saturated carbocycles. The number of esters is 1. The first-order valence-corrected chi connectivity index (χ1v) is 15.0. The molecule has 0 heterocycles. The van der Waals surface area contributed by atoms with Gasteiger partial charge >= 0.3 is 5.97 Å². The van der Waals surface area contributed by atoms with Crippen LogP contribution in [0.15, 0.2) is 36.4 Å². The minimum atomic E-state index is -0.568. The van der Waals surface area contributed by atoms with Gasteiger partial charge in [-0.05, 0) is 63.7 Å². The van der Waals surface area contributed by atoms with Crippen molar-refractivity contribution < 1.29 is 61.2 Å². The van der Waals surface area contributed by atoms with Gasteiger partial charge in [-0.3, -0.25) is 14.6 Å². The van der Waals surface area contributed by atoms with Gasteiger partial charge < -0.3 is 29.4 Å². The van der Waals surface area contributed by atoms with Crippen LogP contribution >= 0.6 is 0 Å². The molecule has 0 atom stereocenters. The van der Waals surface area contributed by atoms with E-state index >= 15 is 0 Å². The third kappa shape index (κ3) is 16.6. The summed E-state index contributed by atoms with van der Waals surface area (Å²) in [5.41, 5.74) is 8.52. The van der Waals surface area contributed by atoms with Crippen molar-refractivity contribution in [3.63, 3.8) is 0 Å². The van der Waals surface area contributed by atoms with Crippen molar-refractivity contribution in [2.24, 2.45) is 11.1 Å². The smallest absolute Gasteiger partial charge is 0.320 e. The zero-order chi connectivity index (χ0) is 31.9. The van der Waals surface area contributed by atoms with Crippen LogP contribution in [0.25, 0.3) is 0 Å². The Labute approximate surface area is 290 Å². The van der Waals surface area contributed by atoms with Gasteiger partial charge in [-0.15, -0.1) is 11.6 Å². The van der Waals surface area contributed by atoms with Gasteiger partial charge in [0, 0.05) is 84.4 Å². The molecule has 10 heteroatoms. The van der Waals surface area contributed by atoms with Crippen LogP contribution in [0.1, 0.15) is 64.7 Å². The number of methoxy groups -OCH3 is 2. The zero-order valence-corrected chi connectivity index (χ0v) is 31.1. The number of benzene rings is 2. The molecule has 0 spiro atoms. The second-order valence-electron chi connectivity index (χ2n) is 13.0. The molecule has 2 aromatic rings. The summed E-state index contributed by atoms with van der Waals surface area (Å²) in [6.45, 7) is 16.9. The number of nitrogens with two attached hydrogens (primary N) is 1. The molecule has 2 aromatic carbocycles. The van der Waals surface area contributed by atoms with Crippen molar-refractivity contribution in [2.45, 2.75) is 73.1 Å². The number of ether oxygens (including phenoxy) is 5. The molecule has 0 amide bonds. The number of rotatable bonds is 19. The number of hydrogen-bond acceptors (Lipinski definition) is 9. The molecule has 0 aliphatic carbocycles. The molecular weight excluding hydrogens is 635 g/mol. The van der Waals surface area contributed by atoms with E-state index in [0.29, 0.717) is 31.9 Å². The van der Waals surface area contributed by atoms with Gasteiger partial charge in [-0.1, -0.05) is 32.9 Å². The molecule has 0 aromatic heterocycles. The summed E-state index contributed by atoms with van der Waals surface area (Å²) in [6.07, 6.45) is 1.84. The molecule has 0 aliphatic heterocycles. The van der Waals surface area contributed by atoms with E-state index < -0.39 is 5.60 Å². The minimum Gasteiger partial charge on any atom is -0.493 e. The van der Waals surface area contributed by atoms with Crippen molar-refractivity contribution in [2.75, 3.05) is 60.5 Å². The summed E-state index contributed by atoms with van der Waals surface area (Å²) < 4.78 is 27.8. The Morgan fingerprint density at radius 2 is 1.50 bits per heavy atom. The average Bonchev–Trinajstić information content (AvgIpc) is 2.91. The third-order valence-electron chi connectivity index (χ3n) is 6.36. The van der Waals surface area contributed by atoms with Crippen molar-refractivity contribution in [1.82, 2.24) is 9.80 Å². The van der Waals surface area contributed by atoms with E-state index in [-0.39, 0.29) is 64.2 Å². The maximum atomic E-state index is 13.0. The molecule has 0 fully saturated rings. The SMILES string of the molecule is COCOc1cc[c-]cc1CN(CCN(Cc1cc(CCCN)ccc1OCOC)CC(C)(C)C)CC(=O)OC(C)(C)C.[Y]. The van der Waals surface area contributed by atoms with Crippen LogP contribution in [0.5, 0.6) is 11.5 Å². The van der Waals surface area contributed by atoms with Gasteiger partial charge in [0.2, 0.25) is 0 Å². The molecule has 0 aliphatic rings. The number of aryl methyl sites for hydroxylation is 1. The molecule has 2 rings (SSSR count). The Kier molecular flexibility index (Phi) is 18.9. The molecule has 1 radical (unpaired) electrons. The van der Waals surface area contributed by atoms with Gasteiger partial charge in [0.25, 0.3) is 0 Å². The summed E-state index contributed by atoms with van der Waals surface area (Å²) >= 11 is 0. The predicted octanol–water partition coefficient (Wildman–Crippen LogP) is 5.03. The molecule has 245 valence electrons. The van der Waals surface area contributed by atoms with Gasteiger partial charge in [0.15, 0.2) is 13.6 Å². The fourth-order valence-electron chi connectivity index (χ4n) is 4.74. The van der Waals surface area contributed by atoms with E-state index in [9.17, 15) is 4.79 Å². The largest absolute Gasteiger partial charge is 0.493 e. The number of carbonyl (C=O) groups is 1. The normalized spacial score (nSPS) is 11.9. The fourth-order valence-corrected chi connectivity index (χ4v) is 4.74. The quantitative estimate of drug-likeness (QED) is 0.124. The molecule has 0 unspecified atom stereocenters. The maximum absolute atomic E-state index is 13.0. The van der Waals surface area contributed by atoms with Crippen LogP contribution in [-0.2, 0) is 71.2 Å². The molecule has 2 N–H and O–H groups in total. The van der Waals surface area contributed by atoms with Gasteiger partial charge in [0.05, 0.1) is 6.54 Å². The first kappa shape index (κ1) is 40.4. The summed E-state index contributed by atoms with van der Waals surface area (Å²) in [5.74, 6) is 1.25. The van der Waals surface area contributed by atoms with E-state index in [4.69, 9.17) is 29.4 Å². The Hall–Kier alpha value is -1.59. The molecule has 9 nitrogen and oxygen atoms in total. The minimum absolute atomic E-state index is 0. The second-order valence-corrected chi connectivity index (χ2v) is 13.0. The topological polar surface area (TPSA) is 95.7 Å². The van der Waals surface area contributed by atoms with E-state index in [2.05, 4.69) is 48.8 Å². The predicted molar refractivity (Wildman–Crippen MR) is 170 cm³/mol. The van der Waals surface area contributed by atoms with Crippen molar-refractivity contribution >= 4 is 5.97 Å². The first-order valence-electron chi connectivity index (χ1n) is 15.0. The number of carbonyl (C=O) groups excluding carboxylic acids is 1. The van der Waals surface area contributed by atoms with Crippen molar-refractivity contribution in [1.29, 1.82) is 0 Å². The standard InChI is InChI=1S/C34H54N3O6.Y/c1-33(2,3)24-37(22-29-20-27(12-11-17-35)15-16-31(29)42-26-40-8)19-18-36(23-32(38)43-34(4,5)6)21-28-13-9-10-14-30(28)41-25-39-7;/h10,13-16,20H,11-12,17-19,21-26,35H2,1-8H3;/q-1;. The van der Waals surface area contributed by atoms with Crippen LogP contribution in [0, 0.1) is 11.5 Å². The van der Waals surface area contributed by atoms with Gasteiger partial charge in [0.1, 0.15) is 11.4 Å². The maximum Gasteiger partial charge on any atom is 0.320 e. The number of hydrogen-bond donors (Lipinski definition) is 1. The third-order valence-corrected chi connectivity index (χ3v) is 6.36. The molecule has 0 saturated heterocycles. The Bertz CT molecular complexity index is 1100. The monoisotopic (exact) mass is 689 g/mol. The summed E-state index contributed by atoms with van der Waals surface area (Å²) in [7, 11) is 3.21. The molecular formula is C34H54N3O6Y-. The first-order chi connectivity index (χ1) is 20.3. The van der Waals surface area contributed by atoms with Crippen LogP contribution in [0.3, 0.4) is 0 Å². The van der Waals surface area contributed by atoms with E-state index in [1.54, 1.807) is 14.2 Å². The van der Waals surface area contributed by atoms with Crippen molar-refractivity contribution in [3.05, 3.63) is 59.2 Å². The number of nitrogens with zero attached hydrogens (tertiary/aromatic N) is 2. The summed E-state index contributed by atoms with van der Waals surface area (Å²) in [4.78, 5) is 17.5. The van der Waals surface area contributed by atoms with Crippen LogP contribution in [-0.4, -0.2) is 81.9 Å². The molecule has 44 heavy (non-hydrogen) atoms.